The van der Waals surface area contributed by atoms with Gasteiger partial charge < -0.3 is 10.2 Å². The van der Waals surface area contributed by atoms with Gasteiger partial charge in [-0.15, -0.1) is 0 Å². The van der Waals surface area contributed by atoms with E-state index in [0.717, 1.165) is 12.8 Å². The van der Waals surface area contributed by atoms with Crippen LogP contribution in [0.3, 0.4) is 0 Å². The Morgan fingerprint density at radius 3 is 2.83 bits per heavy atom. The molecule has 0 amide bonds. The Kier molecular flexibility index (Phi) is 3.20. The minimum atomic E-state index is 0.232. The van der Waals surface area contributed by atoms with Crippen molar-refractivity contribution in [1.29, 1.82) is 0 Å². The van der Waals surface area contributed by atoms with Crippen molar-refractivity contribution in [2.45, 2.75) is 31.7 Å². The van der Waals surface area contributed by atoms with Crippen molar-refractivity contribution in [3.8, 4) is 0 Å². The highest BCUT2D eigenvalue weighted by molar-refractivity contribution is 5.30. The molecule has 1 aliphatic rings. The predicted octanol–water partition coefficient (Wildman–Crippen LogP) is 2.95. The summed E-state index contributed by atoms with van der Waals surface area (Å²) in [7, 11) is 0. The van der Waals surface area contributed by atoms with Crippen molar-refractivity contribution in [2.75, 3.05) is 0 Å². The Balaban J connectivity index is 1.68. The van der Waals surface area contributed by atoms with Crippen LogP contribution in [-0.4, -0.2) is 6.04 Å². The highest BCUT2D eigenvalue weighted by atomic mass is 16.3. The molecule has 2 aromatic rings. The normalized spacial score (nSPS) is 20.4. The van der Waals surface area contributed by atoms with E-state index in [-0.39, 0.29) is 6.04 Å². The zero-order valence-electron chi connectivity index (χ0n) is 10.5. The quantitative estimate of drug-likeness (QED) is 0.897. The third-order valence-electron chi connectivity index (χ3n) is 4.04. The summed E-state index contributed by atoms with van der Waals surface area (Å²) in [4.78, 5) is 0. The minimum Gasteiger partial charge on any atom is -0.472 e. The Hall–Kier alpha value is -1.54. The number of aryl methyl sites for hydroxylation is 1. The van der Waals surface area contributed by atoms with Crippen LogP contribution >= 0.6 is 0 Å². The van der Waals surface area contributed by atoms with Crippen LogP contribution in [0.25, 0.3) is 0 Å². The molecular formula is C16H19NO. The van der Waals surface area contributed by atoms with Crippen molar-refractivity contribution >= 4 is 0 Å². The van der Waals surface area contributed by atoms with Crippen LogP contribution in [0.4, 0.5) is 0 Å². The predicted molar refractivity (Wildman–Crippen MR) is 72.3 cm³/mol. The van der Waals surface area contributed by atoms with Gasteiger partial charge in [0.2, 0.25) is 0 Å². The lowest BCUT2D eigenvalue weighted by atomic mass is 9.79. The van der Waals surface area contributed by atoms with Crippen LogP contribution in [0.2, 0.25) is 0 Å². The zero-order valence-corrected chi connectivity index (χ0v) is 10.5. The molecule has 2 atom stereocenters. The standard InChI is InChI=1S/C16H19NO/c17-16(9-12-7-8-18-11-12)15-6-5-13-3-1-2-4-14(13)10-15/h1-4,7-8,11,15-16H,5-6,9-10,17H2. The largest absolute Gasteiger partial charge is 0.472 e. The lowest BCUT2D eigenvalue weighted by Gasteiger charge is -2.29. The molecule has 94 valence electrons. The molecule has 1 aromatic heterocycles. The monoisotopic (exact) mass is 241 g/mol. The van der Waals surface area contributed by atoms with E-state index in [4.69, 9.17) is 10.2 Å². The van der Waals surface area contributed by atoms with Crippen LogP contribution in [-0.2, 0) is 19.3 Å². The maximum atomic E-state index is 6.36. The molecular weight excluding hydrogens is 222 g/mol. The Morgan fingerprint density at radius 1 is 1.22 bits per heavy atom. The fourth-order valence-electron chi connectivity index (χ4n) is 2.94. The highest BCUT2D eigenvalue weighted by Gasteiger charge is 2.23. The van der Waals surface area contributed by atoms with E-state index in [9.17, 15) is 0 Å². The maximum absolute atomic E-state index is 6.36. The highest BCUT2D eigenvalue weighted by Crippen LogP contribution is 2.28. The van der Waals surface area contributed by atoms with Crippen molar-refractivity contribution < 1.29 is 4.42 Å². The maximum Gasteiger partial charge on any atom is 0.0935 e. The summed E-state index contributed by atoms with van der Waals surface area (Å²) in [5.74, 6) is 0.592. The number of rotatable bonds is 3. The molecule has 3 rings (SSSR count). The molecule has 0 spiro atoms. The number of fused-ring (bicyclic) bond motifs is 1. The third kappa shape index (κ3) is 2.34. The second-order valence-electron chi connectivity index (χ2n) is 5.27. The first-order valence-corrected chi connectivity index (χ1v) is 6.66. The van der Waals surface area contributed by atoms with Gasteiger partial charge in [-0.1, -0.05) is 24.3 Å². The van der Waals surface area contributed by atoms with Crippen molar-refractivity contribution in [1.82, 2.24) is 0 Å². The van der Waals surface area contributed by atoms with Gasteiger partial charge in [-0.2, -0.15) is 0 Å². The molecule has 0 saturated heterocycles. The molecule has 2 nitrogen and oxygen atoms in total. The first kappa shape index (κ1) is 11.5. The van der Waals surface area contributed by atoms with Crippen LogP contribution in [0.1, 0.15) is 23.1 Å². The molecule has 0 aliphatic heterocycles. The van der Waals surface area contributed by atoms with Gasteiger partial charge >= 0.3 is 0 Å². The molecule has 2 heteroatoms. The third-order valence-corrected chi connectivity index (χ3v) is 4.04. The SMILES string of the molecule is NC(Cc1ccoc1)C1CCc2ccccc2C1. The molecule has 2 unspecified atom stereocenters. The summed E-state index contributed by atoms with van der Waals surface area (Å²) >= 11 is 0. The van der Waals surface area contributed by atoms with Gasteiger partial charge in [-0.3, -0.25) is 0 Å². The van der Waals surface area contributed by atoms with E-state index in [2.05, 4.69) is 24.3 Å². The second kappa shape index (κ2) is 4.99. The number of hydrogen-bond acceptors (Lipinski definition) is 2. The van der Waals surface area contributed by atoms with Gasteiger partial charge in [0.15, 0.2) is 0 Å². The van der Waals surface area contributed by atoms with Crippen molar-refractivity contribution in [3.05, 3.63) is 59.5 Å². The van der Waals surface area contributed by atoms with Crippen molar-refractivity contribution in [3.63, 3.8) is 0 Å². The smallest absolute Gasteiger partial charge is 0.0935 e. The topological polar surface area (TPSA) is 39.2 Å². The Labute approximate surface area is 108 Å². The van der Waals surface area contributed by atoms with E-state index < -0.39 is 0 Å². The van der Waals surface area contributed by atoms with E-state index in [1.54, 1.807) is 12.5 Å². The molecule has 0 bridgehead atoms. The molecule has 0 radical (unpaired) electrons. The zero-order chi connectivity index (χ0) is 12.4. The first-order chi connectivity index (χ1) is 8.83. The molecule has 1 heterocycles. The summed E-state index contributed by atoms with van der Waals surface area (Å²) in [5, 5.41) is 0. The second-order valence-corrected chi connectivity index (χ2v) is 5.27. The number of hydrogen-bond donors (Lipinski definition) is 1. The number of furan rings is 1. The fraction of sp³-hybridized carbons (Fsp3) is 0.375. The van der Waals surface area contributed by atoms with Crippen molar-refractivity contribution in [2.24, 2.45) is 11.7 Å². The van der Waals surface area contributed by atoms with Gasteiger partial charge in [0, 0.05) is 6.04 Å². The van der Waals surface area contributed by atoms with E-state index in [1.165, 1.54) is 29.5 Å². The number of benzene rings is 1. The summed E-state index contributed by atoms with van der Waals surface area (Å²) in [6.45, 7) is 0. The average molecular weight is 241 g/mol. The van der Waals surface area contributed by atoms with Crippen LogP contribution < -0.4 is 5.73 Å². The van der Waals surface area contributed by atoms with Crippen LogP contribution in [0.15, 0.2) is 47.3 Å². The van der Waals surface area contributed by atoms with Gasteiger partial charge in [-0.25, -0.2) is 0 Å². The fourth-order valence-corrected chi connectivity index (χ4v) is 2.94. The van der Waals surface area contributed by atoms with Crippen LogP contribution in [0, 0.1) is 5.92 Å². The molecule has 0 fully saturated rings. The van der Waals surface area contributed by atoms with Gasteiger partial charge in [0.1, 0.15) is 0 Å². The lowest BCUT2D eigenvalue weighted by Crippen LogP contribution is -2.35. The van der Waals surface area contributed by atoms with E-state index in [0.29, 0.717) is 5.92 Å². The number of nitrogens with two attached hydrogens (primary N) is 1. The summed E-state index contributed by atoms with van der Waals surface area (Å²) in [6, 6.07) is 11.0. The molecule has 0 saturated carbocycles. The van der Waals surface area contributed by atoms with Crippen LogP contribution in [0.5, 0.6) is 0 Å². The first-order valence-electron chi connectivity index (χ1n) is 6.66. The van der Waals surface area contributed by atoms with Gasteiger partial charge in [0.25, 0.3) is 0 Å². The molecule has 2 N–H and O–H groups in total. The van der Waals surface area contributed by atoms with E-state index >= 15 is 0 Å². The lowest BCUT2D eigenvalue weighted by molar-refractivity contribution is 0.372. The van der Waals surface area contributed by atoms with E-state index in [1.807, 2.05) is 6.07 Å². The van der Waals surface area contributed by atoms with Gasteiger partial charge in [0.05, 0.1) is 12.5 Å². The average Bonchev–Trinajstić information content (AvgIpc) is 2.91. The Morgan fingerprint density at radius 2 is 2.06 bits per heavy atom. The van der Waals surface area contributed by atoms with Gasteiger partial charge in [-0.05, 0) is 54.4 Å². The molecule has 1 aromatic carbocycles. The Bertz CT molecular complexity index is 504. The minimum absolute atomic E-state index is 0.232. The molecule has 18 heavy (non-hydrogen) atoms. The summed E-state index contributed by atoms with van der Waals surface area (Å²) in [5.41, 5.74) is 10.6. The summed E-state index contributed by atoms with van der Waals surface area (Å²) in [6.07, 6.45) is 7.93. The summed E-state index contributed by atoms with van der Waals surface area (Å²) < 4.78 is 5.10. The molecule has 1 aliphatic carbocycles.